The Morgan fingerprint density at radius 1 is 1.56 bits per heavy atom. The van der Waals surface area contributed by atoms with Gasteiger partial charge in [0.05, 0.1) is 15.5 Å². The largest absolute Gasteiger partial charge is 0.379 e. The molecule has 0 unspecified atom stereocenters. The fraction of sp³-hybridized carbons (Fsp3) is 0.583. The van der Waals surface area contributed by atoms with E-state index in [0.29, 0.717) is 22.7 Å². The summed E-state index contributed by atoms with van der Waals surface area (Å²) in [5, 5.41) is 2.52. The van der Waals surface area contributed by atoms with E-state index in [9.17, 15) is 4.79 Å². The van der Waals surface area contributed by atoms with E-state index in [1.165, 1.54) is 11.3 Å². The first-order valence-corrected chi connectivity index (χ1v) is 6.45. The average Bonchev–Trinajstić information content (AvgIpc) is 2.57. The van der Waals surface area contributed by atoms with Crippen molar-refractivity contribution in [1.29, 1.82) is 0 Å². The lowest BCUT2D eigenvalue weighted by atomic mass is 10.0. The molecule has 4 heteroatoms. The van der Waals surface area contributed by atoms with Gasteiger partial charge in [0.15, 0.2) is 5.78 Å². The third-order valence-corrected chi connectivity index (χ3v) is 4.40. The van der Waals surface area contributed by atoms with Gasteiger partial charge in [0.2, 0.25) is 0 Å². The topological polar surface area (TPSA) is 26.3 Å². The molecule has 0 N–H and O–H groups in total. The van der Waals surface area contributed by atoms with Crippen molar-refractivity contribution in [2.75, 3.05) is 7.11 Å². The average molecular weight is 261 g/mol. The maximum atomic E-state index is 11.9. The molecule has 0 aromatic carbocycles. The molecule has 1 aromatic rings. The molecule has 90 valence electrons. The molecule has 0 bridgehead atoms. The molecule has 0 aliphatic rings. The molecule has 1 heterocycles. The predicted molar refractivity (Wildman–Crippen MR) is 68.7 cm³/mol. The molecule has 1 aromatic heterocycles. The second-order valence-corrected chi connectivity index (χ2v) is 5.71. The van der Waals surface area contributed by atoms with Gasteiger partial charge in [0, 0.05) is 13.5 Å². The molecule has 1 rings (SSSR count). The summed E-state index contributed by atoms with van der Waals surface area (Å²) in [6, 6.07) is 0. The van der Waals surface area contributed by atoms with Crippen molar-refractivity contribution in [3.05, 3.63) is 20.8 Å². The van der Waals surface area contributed by atoms with Crippen LogP contribution in [0.5, 0.6) is 0 Å². The number of Topliss-reactive ketones (excluding diaryl/α,β-unsaturated/α-hetero) is 1. The van der Waals surface area contributed by atoms with Crippen LogP contribution in [-0.2, 0) is 4.74 Å². The van der Waals surface area contributed by atoms with Crippen LogP contribution in [0.15, 0.2) is 5.38 Å². The van der Waals surface area contributed by atoms with E-state index in [1.54, 1.807) is 7.11 Å². The fourth-order valence-corrected chi connectivity index (χ4v) is 2.52. The Labute approximate surface area is 106 Å². The second kappa shape index (κ2) is 5.30. The first-order valence-electron chi connectivity index (χ1n) is 5.19. The van der Waals surface area contributed by atoms with Crippen LogP contribution in [0.4, 0.5) is 0 Å². The van der Waals surface area contributed by atoms with Crippen LogP contribution >= 0.6 is 22.9 Å². The Bertz CT molecular complexity index is 382. The van der Waals surface area contributed by atoms with Crippen molar-refractivity contribution in [2.45, 2.75) is 39.2 Å². The zero-order valence-electron chi connectivity index (χ0n) is 10.1. The molecule has 2 nitrogen and oxygen atoms in total. The lowest BCUT2D eigenvalue weighted by molar-refractivity contribution is 0.0142. The Balaban J connectivity index is 2.64. The minimum absolute atomic E-state index is 0.105. The molecule has 0 aliphatic carbocycles. The summed E-state index contributed by atoms with van der Waals surface area (Å²) in [6.07, 6.45) is 1.18. The molecule has 0 atom stereocenters. The summed E-state index contributed by atoms with van der Waals surface area (Å²) < 4.78 is 5.28. The number of thiophene rings is 1. The van der Waals surface area contributed by atoms with Gasteiger partial charge in [-0.2, -0.15) is 0 Å². The third kappa shape index (κ3) is 3.30. The molecular formula is C12H17ClO2S. The molecular weight excluding hydrogens is 244 g/mol. The van der Waals surface area contributed by atoms with Gasteiger partial charge < -0.3 is 4.74 Å². The van der Waals surface area contributed by atoms with Gasteiger partial charge in [0.25, 0.3) is 0 Å². The van der Waals surface area contributed by atoms with Crippen molar-refractivity contribution < 1.29 is 9.53 Å². The Hall–Kier alpha value is -0.380. The SMILES string of the molecule is COC(C)(C)CCC(=O)c1scc(C)c1Cl. The predicted octanol–water partition coefficient (Wildman–Crippen LogP) is 4.10. The van der Waals surface area contributed by atoms with Gasteiger partial charge in [-0.05, 0) is 38.1 Å². The number of aryl methyl sites for hydroxylation is 1. The molecule has 0 aliphatic heterocycles. The summed E-state index contributed by atoms with van der Waals surface area (Å²) in [7, 11) is 1.66. The number of hydrogen-bond acceptors (Lipinski definition) is 3. The maximum Gasteiger partial charge on any atom is 0.174 e. The van der Waals surface area contributed by atoms with Gasteiger partial charge >= 0.3 is 0 Å². The van der Waals surface area contributed by atoms with E-state index in [4.69, 9.17) is 16.3 Å². The number of ether oxygens (including phenoxy) is 1. The maximum absolute atomic E-state index is 11.9. The van der Waals surface area contributed by atoms with E-state index in [2.05, 4.69) is 0 Å². The van der Waals surface area contributed by atoms with Crippen LogP contribution in [-0.4, -0.2) is 18.5 Å². The zero-order chi connectivity index (χ0) is 12.3. The summed E-state index contributed by atoms with van der Waals surface area (Å²) in [5.41, 5.74) is 0.718. The Morgan fingerprint density at radius 3 is 2.62 bits per heavy atom. The lowest BCUT2D eigenvalue weighted by Crippen LogP contribution is -2.23. The summed E-state index contributed by atoms with van der Waals surface area (Å²) in [5.74, 6) is 0.105. The van der Waals surface area contributed by atoms with Gasteiger partial charge in [-0.15, -0.1) is 11.3 Å². The smallest absolute Gasteiger partial charge is 0.174 e. The van der Waals surface area contributed by atoms with Crippen molar-refractivity contribution >= 4 is 28.7 Å². The highest BCUT2D eigenvalue weighted by atomic mass is 35.5. The van der Waals surface area contributed by atoms with Crippen LogP contribution in [0, 0.1) is 6.92 Å². The quantitative estimate of drug-likeness (QED) is 0.745. The normalized spacial score (nSPS) is 11.8. The number of carbonyl (C=O) groups is 1. The van der Waals surface area contributed by atoms with Crippen molar-refractivity contribution in [2.24, 2.45) is 0 Å². The number of rotatable bonds is 5. The van der Waals surface area contributed by atoms with E-state index in [-0.39, 0.29) is 11.4 Å². The molecule has 0 radical (unpaired) electrons. The third-order valence-electron chi connectivity index (χ3n) is 2.66. The van der Waals surface area contributed by atoms with Gasteiger partial charge in [-0.3, -0.25) is 4.79 Å². The van der Waals surface area contributed by atoms with Crippen molar-refractivity contribution in [1.82, 2.24) is 0 Å². The number of ketones is 1. The first kappa shape index (κ1) is 13.7. The number of halogens is 1. The van der Waals surface area contributed by atoms with Crippen LogP contribution in [0.1, 0.15) is 41.9 Å². The number of methoxy groups -OCH3 is 1. The van der Waals surface area contributed by atoms with Gasteiger partial charge in [-0.1, -0.05) is 11.6 Å². The van der Waals surface area contributed by atoms with Crippen LogP contribution in [0.3, 0.4) is 0 Å². The summed E-state index contributed by atoms with van der Waals surface area (Å²) in [4.78, 5) is 12.6. The van der Waals surface area contributed by atoms with Crippen LogP contribution in [0.25, 0.3) is 0 Å². The number of carbonyl (C=O) groups excluding carboxylic acids is 1. The molecule has 0 saturated carbocycles. The molecule has 0 saturated heterocycles. The monoisotopic (exact) mass is 260 g/mol. The highest BCUT2D eigenvalue weighted by Crippen LogP contribution is 2.29. The van der Waals surface area contributed by atoms with E-state index in [0.717, 1.165) is 5.56 Å². The van der Waals surface area contributed by atoms with Crippen LogP contribution in [0.2, 0.25) is 5.02 Å². The lowest BCUT2D eigenvalue weighted by Gasteiger charge is -2.21. The first-order chi connectivity index (χ1) is 7.37. The minimum Gasteiger partial charge on any atom is -0.379 e. The molecule has 0 amide bonds. The van der Waals surface area contributed by atoms with Gasteiger partial charge in [0.1, 0.15) is 0 Å². The standard InChI is InChI=1S/C12H17ClO2S/c1-8-7-16-11(10(8)13)9(14)5-6-12(2,3)15-4/h7H,5-6H2,1-4H3. The molecule has 0 spiro atoms. The summed E-state index contributed by atoms with van der Waals surface area (Å²) in [6.45, 7) is 5.86. The highest BCUT2D eigenvalue weighted by Gasteiger charge is 2.20. The summed E-state index contributed by atoms with van der Waals surface area (Å²) >= 11 is 7.47. The number of hydrogen-bond donors (Lipinski definition) is 0. The second-order valence-electron chi connectivity index (χ2n) is 4.45. The highest BCUT2D eigenvalue weighted by molar-refractivity contribution is 7.13. The van der Waals surface area contributed by atoms with E-state index < -0.39 is 0 Å². The van der Waals surface area contributed by atoms with Crippen LogP contribution < -0.4 is 0 Å². The Kier molecular flexibility index (Phi) is 4.53. The minimum atomic E-state index is -0.256. The molecule has 0 fully saturated rings. The molecule has 16 heavy (non-hydrogen) atoms. The zero-order valence-corrected chi connectivity index (χ0v) is 11.7. The van der Waals surface area contributed by atoms with E-state index in [1.807, 2.05) is 26.2 Å². The van der Waals surface area contributed by atoms with E-state index >= 15 is 0 Å². The van der Waals surface area contributed by atoms with Gasteiger partial charge in [-0.25, -0.2) is 0 Å². The fourth-order valence-electron chi connectivity index (χ4n) is 1.25. The Morgan fingerprint density at radius 2 is 2.19 bits per heavy atom. The van der Waals surface area contributed by atoms with Crippen molar-refractivity contribution in [3.63, 3.8) is 0 Å². The van der Waals surface area contributed by atoms with Crippen molar-refractivity contribution in [3.8, 4) is 0 Å².